The van der Waals surface area contributed by atoms with Crippen molar-refractivity contribution in [3.8, 4) is 0 Å². The number of hydrogen-bond donors (Lipinski definition) is 3. The average Bonchev–Trinajstić information content (AvgIpc) is 3.45. The van der Waals surface area contributed by atoms with Gasteiger partial charge in [-0.2, -0.15) is 0 Å². The van der Waals surface area contributed by atoms with Crippen molar-refractivity contribution in [3.63, 3.8) is 0 Å². The molecule has 2 aliphatic rings. The summed E-state index contributed by atoms with van der Waals surface area (Å²) in [5.41, 5.74) is 8.10. The number of nitrogens with zero attached hydrogens (tertiary/aromatic N) is 2. The summed E-state index contributed by atoms with van der Waals surface area (Å²) >= 11 is 5.98. The number of nitrogens with two attached hydrogens (primary N) is 1. The Hall–Kier alpha value is -2.55. The Bertz CT molecular complexity index is 966. The maximum atomic E-state index is 12.3. The molecule has 9 heteroatoms. The van der Waals surface area contributed by atoms with Gasteiger partial charge in [-0.1, -0.05) is 37.4 Å². The Balaban J connectivity index is 0.000000439. The van der Waals surface area contributed by atoms with Crippen LogP contribution in [0.5, 0.6) is 0 Å². The molecular weight excluding hydrogens is 526 g/mol. The molecule has 1 heterocycles. The number of aliphatic imine (C=N–C) groups is 1. The van der Waals surface area contributed by atoms with E-state index in [2.05, 4.69) is 32.8 Å². The number of nitrogens with one attached hydrogen (secondary N) is 2. The minimum atomic E-state index is -0.333. The number of aryl methyl sites for hydroxylation is 1. The Morgan fingerprint density at radius 2 is 1.77 bits per heavy atom. The SMILES string of the molecule is C=C(C=O)CN1CCCCC1.CC(N)=O.CNCC(NC(=O)CCC(C)=Nc1ccc(Cl)cc1C)C1CCCC1. The van der Waals surface area contributed by atoms with Crippen molar-refractivity contribution in [1.82, 2.24) is 15.5 Å². The Morgan fingerprint density at radius 1 is 1.15 bits per heavy atom. The van der Waals surface area contributed by atoms with Crippen molar-refractivity contribution in [2.24, 2.45) is 16.6 Å². The summed E-state index contributed by atoms with van der Waals surface area (Å²) in [5.74, 6) is 0.400. The van der Waals surface area contributed by atoms with E-state index < -0.39 is 0 Å². The van der Waals surface area contributed by atoms with Crippen molar-refractivity contribution in [3.05, 3.63) is 40.9 Å². The van der Waals surface area contributed by atoms with Crippen LogP contribution in [-0.4, -0.2) is 68.0 Å². The zero-order chi connectivity index (χ0) is 29.9. The van der Waals surface area contributed by atoms with Crippen LogP contribution < -0.4 is 16.4 Å². The zero-order valence-electron chi connectivity index (χ0n) is 24.9. The molecule has 8 nitrogen and oxygen atoms in total. The lowest BCUT2D eigenvalue weighted by atomic mass is 9.97. The molecule has 2 fully saturated rings. The van der Waals surface area contributed by atoms with Crippen LogP contribution in [0.15, 0.2) is 35.3 Å². The summed E-state index contributed by atoms with van der Waals surface area (Å²) in [6.07, 6.45) is 10.9. The standard InChI is InChI=1S/C20H30ClN3O.C9H15NO.C2H5NO/c1-14-12-17(21)9-10-18(14)23-15(2)8-11-20(25)24-19(13-22-3)16-6-4-5-7-16;1-9(8-11)7-10-5-3-2-4-6-10;1-2(3)4/h9-10,12,16,19,22H,4-8,11,13H2,1-3H3,(H,24,25);8H,1-7H2;1H3,(H2,3,4). The van der Waals surface area contributed by atoms with E-state index in [1.165, 1.54) is 51.9 Å². The van der Waals surface area contributed by atoms with Gasteiger partial charge in [0.15, 0.2) is 0 Å². The quantitative estimate of drug-likeness (QED) is 0.192. The van der Waals surface area contributed by atoms with Gasteiger partial charge in [0.05, 0.1) is 5.69 Å². The number of piperidine rings is 1. The smallest absolute Gasteiger partial charge is 0.220 e. The number of aldehydes is 1. The number of likely N-dealkylation sites (tertiary alicyclic amines) is 1. The van der Waals surface area contributed by atoms with E-state index in [0.29, 0.717) is 24.3 Å². The second-order valence-electron chi connectivity index (χ2n) is 10.8. The van der Waals surface area contributed by atoms with Crippen LogP contribution in [-0.2, 0) is 14.4 Å². The van der Waals surface area contributed by atoms with Crippen LogP contribution in [0.3, 0.4) is 0 Å². The molecular formula is C31H50ClN5O3. The normalized spacial score (nSPS) is 16.6. The monoisotopic (exact) mass is 575 g/mol. The highest BCUT2D eigenvalue weighted by atomic mass is 35.5. The minimum Gasteiger partial charge on any atom is -0.370 e. The maximum Gasteiger partial charge on any atom is 0.220 e. The van der Waals surface area contributed by atoms with Crippen LogP contribution in [0.2, 0.25) is 5.02 Å². The summed E-state index contributed by atoms with van der Waals surface area (Å²) in [6, 6.07) is 5.92. The molecule has 1 aliphatic heterocycles. The van der Waals surface area contributed by atoms with Crippen LogP contribution in [0.25, 0.3) is 0 Å². The molecule has 40 heavy (non-hydrogen) atoms. The Morgan fingerprint density at radius 3 is 2.33 bits per heavy atom. The Kier molecular flexibility index (Phi) is 18.0. The third-order valence-electron chi connectivity index (χ3n) is 6.97. The molecule has 1 aromatic rings. The number of likely N-dealkylation sites (N-methyl/N-ethyl adjacent to an activating group) is 1. The number of hydrogen-bond acceptors (Lipinski definition) is 6. The molecule has 1 atom stereocenters. The predicted molar refractivity (Wildman–Crippen MR) is 166 cm³/mol. The number of primary amides is 1. The van der Waals surface area contributed by atoms with E-state index in [1.807, 2.05) is 39.1 Å². The first-order valence-corrected chi connectivity index (χ1v) is 14.8. The number of carbonyl (C=O) groups is 3. The van der Waals surface area contributed by atoms with Gasteiger partial charge in [-0.05, 0) is 101 Å². The first-order chi connectivity index (χ1) is 19.0. The fourth-order valence-corrected chi connectivity index (χ4v) is 5.16. The molecule has 4 N–H and O–H groups in total. The summed E-state index contributed by atoms with van der Waals surface area (Å²) in [4.78, 5) is 38.7. The average molecular weight is 576 g/mol. The molecule has 0 aromatic heterocycles. The maximum absolute atomic E-state index is 12.3. The highest BCUT2D eigenvalue weighted by Gasteiger charge is 2.25. The number of amides is 2. The summed E-state index contributed by atoms with van der Waals surface area (Å²) in [5, 5.41) is 7.15. The van der Waals surface area contributed by atoms with Crippen LogP contribution in [0.4, 0.5) is 5.69 Å². The van der Waals surface area contributed by atoms with Gasteiger partial charge >= 0.3 is 0 Å². The van der Waals surface area contributed by atoms with E-state index in [4.69, 9.17) is 11.6 Å². The third-order valence-corrected chi connectivity index (χ3v) is 7.20. The highest BCUT2D eigenvalue weighted by Crippen LogP contribution is 2.27. The minimum absolute atomic E-state index is 0.120. The molecule has 0 radical (unpaired) electrons. The first kappa shape index (κ1) is 35.5. The van der Waals surface area contributed by atoms with Gasteiger partial charge in [0, 0.05) is 43.2 Å². The number of rotatable bonds is 11. The van der Waals surface area contributed by atoms with Crippen molar-refractivity contribution in [2.45, 2.75) is 84.6 Å². The van der Waals surface area contributed by atoms with Gasteiger partial charge in [0.1, 0.15) is 6.29 Å². The molecule has 0 spiro atoms. The van der Waals surface area contributed by atoms with Gasteiger partial charge in [-0.15, -0.1) is 0 Å². The fraction of sp³-hybridized carbons (Fsp3) is 0.613. The molecule has 1 saturated heterocycles. The number of benzene rings is 1. The molecule has 1 unspecified atom stereocenters. The largest absolute Gasteiger partial charge is 0.370 e. The van der Waals surface area contributed by atoms with Crippen LogP contribution in [0, 0.1) is 12.8 Å². The second-order valence-corrected chi connectivity index (χ2v) is 11.2. The lowest BCUT2D eigenvalue weighted by Gasteiger charge is -2.25. The van der Waals surface area contributed by atoms with Crippen molar-refractivity contribution in [1.29, 1.82) is 0 Å². The van der Waals surface area contributed by atoms with Gasteiger partial charge < -0.3 is 16.4 Å². The van der Waals surface area contributed by atoms with Gasteiger partial charge in [0.25, 0.3) is 0 Å². The van der Waals surface area contributed by atoms with Gasteiger partial charge in [0.2, 0.25) is 11.8 Å². The van der Waals surface area contributed by atoms with Gasteiger partial charge in [-0.3, -0.25) is 24.3 Å². The molecule has 0 bridgehead atoms. The van der Waals surface area contributed by atoms with E-state index >= 15 is 0 Å². The second kappa shape index (κ2) is 20.3. The van der Waals surface area contributed by atoms with E-state index in [9.17, 15) is 14.4 Å². The topological polar surface area (TPSA) is 117 Å². The van der Waals surface area contributed by atoms with Crippen molar-refractivity contribution in [2.75, 3.05) is 33.2 Å². The number of halogens is 1. The molecule has 1 saturated carbocycles. The summed E-state index contributed by atoms with van der Waals surface area (Å²) < 4.78 is 0. The first-order valence-electron chi connectivity index (χ1n) is 14.4. The van der Waals surface area contributed by atoms with Crippen LogP contribution >= 0.6 is 11.6 Å². The van der Waals surface area contributed by atoms with Crippen molar-refractivity contribution < 1.29 is 14.4 Å². The fourth-order valence-electron chi connectivity index (χ4n) is 4.94. The number of carbonyl (C=O) groups excluding carboxylic acids is 3. The van der Waals surface area contributed by atoms with E-state index in [-0.39, 0.29) is 17.9 Å². The summed E-state index contributed by atoms with van der Waals surface area (Å²) in [7, 11) is 1.94. The molecule has 224 valence electrons. The summed E-state index contributed by atoms with van der Waals surface area (Å²) in [6.45, 7) is 12.8. The van der Waals surface area contributed by atoms with Crippen LogP contribution in [0.1, 0.15) is 77.2 Å². The lowest BCUT2D eigenvalue weighted by molar-refractivity contribution is -0.122. The lowest BCUT2D eigenvalue weighted by Crippen LogP contribution is -2.45. The molecule has 1 aromatic carbocycles. The molecule has 1 aliphatic carbocycles. The van der Waals surface area contributed by atoms with Crippen molar-refractivity contribution >= 4 is 41.1 Å². The predicted octanol–water partition coefficient (Wildman–Crippen LogP) is 5.13. The van der Waals surface area contributed by atoms with Gasteiger partial charge in [-0.25, -0.2) is 0 Å². The zero-order valence-corrected chi connectivity index (χ0v) is 25.7. The Labute approximate surface area is 246 Å². The van der Waals surface area contributed by atoms with E-state index in [0.717, 1.165) is 54.5 Å². The van der Waals surface area contributed by atoms with E-state index in [1.54, 1.807) is 0 Å². The molecule has 3 rings (SSSR count). The third kappa shape index (κ3) is 15.9. The molecule has 2 amide bonds. The highest BCUT2D eigenvalue weighted by molar-refractivity contribution is 6.30.